The first-order chi connectivity index (χ1) is 5.75. The fourth-order valence-corrected chi connectivity index (χ4v) is 2.97. The van der Waals surface area contributed by atoms with Gasteiger partial charge in [-0.05, 0) is 50.1 Å². The van der Waals surface area contributed by atoms with Crippen molar-refractivity contribution in [2.24, 2.45) is 17.1 Å². The van der Waals surface area contributed by atoms with Crippen LogP contribution >= 0.6 is 24.8 Å². The van der Waals surface area contributed by atoms with Crippen molar-refractivity contribution in [1.29, 1.82) is 0 Å². The molecule has 1 spiro atoms. The lowest BCUT2D eigenvalue weighted by atomic mass is 9.74. The largest absolute Gasteiger partial charge is 0.327 e. The number of nitrogens with one attached hydrogen (secondary N) is 1. The highest BCUT2D eigenvalue weighted by Crippen LogP contribution is 2.46. The topological polar surface area (TPSA) is 38.0 Å². The minimum atomic E-state index is 0. The number of piperidine rings is 1. The molecule has 0 aromatic carbocycles. The Labute approximate surface area is 99.2 Å². The fourth-order valence-electron chi connectivity index (χ4n) is 2.97. The molecule has 2 atom stereocenters. The van der Waals surface area contributed by atoms with E-state index in [1.165, 1.54) is 38.8 Å². The molecular weight excluding hydrogens is 219 g/mol. The molecule has 1 saturated carbocycles. The Hall–Kier alpha value is 0.500. The number of hydrogen-bond donors (Lipinski definition) is 2. The van der Waals surface area contributed by atoms with E-state index in [9.17, 15) is 0 Å². The Kier molecular flexibility index (Phi) is 5.75. The van der Waals surface area contributed by atoms with Gasteiger partial charge in [-0.3, -0.25) is 0 Å². The van der Waals surface area contributed by atoms with Gasteiger partial charge in [0.25, 0.3) is 0 Å². The van der Waals surface area contributed by atoms with Crippen molar-refractivity contribution in [3.8, 4) is 0 Å². The summed E-state index contributed by atoms with van der Waals surface area (Å²) in [6, 6.07) is 0.472. The van der Waals surface area contributed by atoms with Crippen LogP contribution in [-0.2, 0) is 0 Å². The van der Waals surface area contributed by atoms with E-state index in [1.807, 2.05) is 0 Å². The molecule has 86 valence electrons. The van der Waals surface area contributed by atoms with Crippen LogP contribution in [0.1, 0.15) is 32.6 Å². The van der Waals surface area contributed by atoms with E-state index in [-0.39, 0.29) is 24.8 Å². The molecule has 0 aromatic heterocycles. The van der Waals surface area contributed by atoms with Crippen LogP contribution in [0.5, 0.6) is 0 Å². The quantitative estimate of drug-likeness (QED) is 0.680. The first-order valence-corrected chi connectivity index (χ1v) is 5.21. The number of halogens is 2. The van der Waals surface area contributed by atoms with Crippen LogP contribution in [0.25, 0.3) is 0 Å². The van der Waals surface area contributed by atoms with E-state index in [2.05, 4.69) is 12.2 Å². The zero-order valence-corrected chi connectivity index (χ0v) is 10.4. The van der Waals surface area contributed by atoms with Crippen LogP contribution in [0.2, 0.25) is 0 Å². The predicted molar refractivity (Wildman–Crippen MR) is 65.4 cm³/mol. The maximum Gasteiger partial charge on any atom is 0.0122 e. The third-order valence-electron chi connectivity index (χ3n) is 4.02. The third-order valence-corrected chi connectivity index (χ3v) is 4.02. The molecular formula is C10H22Cl2N2. The number of rotatable bonds is 0. The minimum absolute atomic E-state index is 0. The molecule has 2 aliphatic rings. The zero-order valence-electron chi connectivity index (χ0n) is 8.79. The molecule has 2 nitrogen and oxygen atoms in total. The summed E-state index contributed by atoms with van der Waals surface area (Å²) in [5, 5.41) is 3.42. The molecule has 14 heavy (non-hydrogen) atoms. The van der Waals surface area contributed by atoms with E-state index < -0.39 is 0 Å². The van der Waals surface area contributed by atoms with Crippen molar-refractivity contribution in [1.82, 2.24) is 5.32 Å². The molecule has 1 heterocycles. The normalized spacial score (nSPS) is 34.7. The molecule has 1 aliphatic heterocycles. The Bertz CT molecular complexity index is 164. The molecule has 2 rings (SSSR count). The van der Waals surface area contributed by atoms with E-state index in [0.717, 1.165) is 5.92 Å². The molecule has 2 fully saturated rings. The standard InChI is InChI=1S/C10H20N2.2ClH/c1-8-2-3-10(9(8)11)4-6-12-7-5-10;;/h8-9,12H,2-7,11H2,1H3;2*1H/t8-,9-;;/m1../s1. The fraction of sp³-hybridized carbons (Fsp3) is 1.00. The highest BCUT2D eigenvalue weighted by Gasteiger charge is 2.44. The van der Waals surface area contributed by atoms with Gasteiger partial charge in [0.1, 0.15) is 0 Å². The number of hydrogen-bond acceptors (Lipinski definition) is 2. The van der Waals surface area contributed by atoms with Crippen LogP contribution in [0.4, 0.5) is 0 Å². The Morgan fingerprint density at radius 3 is 2.14 bits per heavy atom. The van der Waals surface area contributed by atoms with E-state index in [0.29, 0.717) is 11.5 Å². The SMILES string of the molecule is C[C@@H]1CCC2(CCNCC2)[C@@H]1N.Cl.Cl. The van der Waals surface area contributed by atoms with Crippen molar-refractivity contribution in [2.45, 2.75) is 38.6 Å². The Morgan fingerprint density at radius 2 is 1.71 bits per heavy atom. The van der Waals surface area contributed by atoms with Crippen molar-refractivity contribution in [3.63, 3.8) is 0 Å². The molecule has 3 N–H and O–H groups in total. The van der Waals surface area contributed by atoms with Gasteiger partial charge in [-0.15, -0.1) is 24.8 Å². The molecule has 0 aromatic rings. The average Bonchev–Trinajstić information content (AvgIpc) is 2.37. The first kappa shape index (κ1) is 14.5. The van der Waals surface area contributed by atoms with Gasteiger partial charge in [0.05, 0.1) is 0 Å². The van der Waals surface area contributed by atoms with Crippen molar-refractivity contribution >= 4 is 24.8 Å². The summed E-state index contributed by atoms with van der Waals surface area (Å²) in [4.78, 5) is 0. The van der Waals surface area contributed by atoms with Crippen molar-refractivity contribution in [2.75, 3.05) is 13.1 Å². The maximum atomic E-state index is 6.26. The first-order valence-electron chi connectivity index (χ1n) is 5.21. The van der Waals surface area contributed by atoms with Gasteiger partial charge in [0.15, 0.2) is 0 Å². The smallest absolute Gasteiger partial charge is 0.0122 e. The lowest BCUT2D eigenvalue weighted by molar-refractivity contribution is 0.173. The molecule has 0 unspecified atom stereocenters. The summed E-state index contributed by atoms with van der Waals surface area (Å²) in [7, 11) is 0. The monoisotopic (exact) mass is 240 g/mol. The lowest BCUT2D eigenvalue weighted by Crippen LogP contribution is -2.46. The summed E-state index contributed by atoms with van der Waals surface area (Å²) in [6.07, 6.45) is 5.33. The molecule has 0 bridgehead atoms. The second-order valence-corrected chi connectivity index (χ2v) is 4.65. The second kappa shape index (κ2) is 5.55. The van der Waals surface area contributed by atoms with Crippen LogP contribution in [-0.4, -0.2) is 19.1 Å². The predicted octanol–water partition coefficient (Wildman–Crippen LogP) is 1.96. The van der Waals surface area contributed by atoms with E-state index in [4.69, 9.17) is 5.73 Å². The van der Waals surface area contributed by atoms with Crippen molar-refractivity contribution < 1.29 is 0 Å². The van der Waals surface area contributed by atoms with E-state index in [1.54, 1.807) is 0 Å². The Morgan fingerprint density at radius 1 is 1.14 bits per heavy atom. The molecule has 0 amide bonds. The summed E-state index contributed by atoms with van der Waals surface area (Å²) >= 11 is 0. The molecule has 4 heteroatoms. The van der Waals surface area contributed by atoms with Gasteiger partial charge >= 0.3 is 0 Å². The molecule has 1 aliphatic carbocycles. The van der Waals surface area contributed by atoms with Crippen molar-refractivity contribution in [3.05, 3.63) is 0 Å². The van der Waals surface area contributed by atoms with Crippen LogP contribution in [0, 0.1) is 11.3 Å². The highest BCUT2D eigenvalue weighted by molar-refractivity contribution is 5.85. The van der Waals surface area contributed by atoms with Gasteiger partial charge in [0, 0.05) is 6.04 Å². The lowest BCUT2D eigenvalue weighted by Gasteiger charge is -2.38. The van der Waals surface area contributed by atoms with Gasteiger partial charge in [-0.2, -0.15) is 0 Å². The van der Waals surface area contributed by atoms with Gasteiger partial charge in [-0.25, -0.2) is 0 Å². The maximum absolute atomic E-state index is 6.26. The summed E-state index contributed by atoms with van der Waals surface area (Å²) < 4.78 is 0. The highest BCUT2D eigenvalue weighted by atomic mass is 35.5. The number of nitrogens with two attached hydrogens (primary N) is 1. The minimum Gasteiger partial charge on any atom is -0.327 e. The third kappa shape index (κ3) is 2.35. The van der Waals surface area contributed by atoms with Crippen LogP contribution < -0.4 is 11.1 Å². The second-order valence-electron chi connectivity index (χ2n) is 4.65. The van der Waals surface area contributed by atoms with Gasteiger partial charge in [-0.1, -0.05) is 6.92 Å². The van der Waals surface area contributed by atoms with Crippen LogP contribution in [0.3, 0.4) is 0 Å². The molecule has 1 saturated heterocycles. The summed E-state index contributed by atoms with van der Waals surface area (Å²) in [6.45, 7) is 4.67. The zero-order chi connectivity index (χ0) is 8.60. The average molecular weight is 241 g/mol. The summed E-state index contributed by atoms with van der Waals surface area (Å²) in [5.74, 6) is 0.753. The van der Waals surface area contributed by atoms with Gasteiger partial charge < -0.3 is 11.1 Å². The Balaban J connectivity index is 0.000000845. The van der Waals surface area contributed by atoms with Crippen LogP contribution in [0.15, 0.2) is 0 Å². The van der Waals surface area contributed by atoms with Gasteiger partial charge in [0.2, 0.25) is 0 Å². The van der Waals surface area contributed by atoms with E-state index >= 15 is 0 Å². The molecule has 0 radical (unpaired) electrons. The summed E-state index contributed by atoms with van der Waals surface area (Å²) in [5.41, 5.74) is 6.78.